The Morgan fingerprint density at radius 2 is 1.61 bits per heavy atom. The lowest BCUT2D eigenvalue weighted by Crippen LogP contribution is -2.55. The van der Waals surface area contributed by atoms with Crippen molar-refractivity contribution in [3.8, 4) is 0 Å². The van der Waals surface area contributed by atoms with Crippen molar-refractivity contribution in [2.75, 3.05) is 19.8 Å². The van der Waals surface area contributed by atoms with Crippen LogP contribution < -0.4 is 16.0 Å². The Balaban J connectivity index is 2.69. The number of carbonyl (C=O) groups is 5. The van der Waals surface area contributed by atoms with E-state index in [1.165, 1.54) is 6.08 Å². The third kappa shape index (κ3) is 11.8. The third-order valence-electron chi connectivity index (χ3n) is 4.82. The molecular formula is C25H34ClN3O7. The van der Waals surface area contributed by atoms with E-state index in [2.05, 4.69) is 16.0 Å². The molecule has 36 heavy (non-hydrogen) atoms. The van der Waals surface area contributed by atoms with E-state index in [0.29, 0.717) is 5.02 Å². The van der Waals surface area contributed by atoms with Crippen LogP contribution in [0.4, 0.5) is 0 Å². The largest absolute Gasteiger partial charge is 0.466 e. The van der Waals surface area contributed by atoms with Crippen molar-refractivity contribution in [1.29, 1.82) is 0 Å². The van der Waals surface area contributed by atoms with Gasteiger partial charge in [-0.25, -0.2) is 4.79 Å². The van der Waals surface area contributed by atoms with Gasteiger partial charge in [-0.15, -0.1) is 0 Å². The molecule has 1 aromatic carbocycles. The second-order valence-electron chi connectivity index (χ2n) is 8.05. The Hall–Kier alpha value is -3.40. The highest BCUT2D eigenvalue weighted by molar-refractivity contribution is 6.30. The Morgan fingerprint density at radius 3 is 2.19 bits per heavy atom. The van der Waals surface area contributed by atoms with Crippen molar-refractivity contribution in [2.24, 2.45) is 5.92 Å². The van der Waals surface area contributed by atoms with Crippen LogP contribution in [0.3, 0.4) is 0 Å². The lowest BCUT2D eigenvalue weighted by Gasteiger charge is -2.24. The fourth-order valence-electron chi connectivity index (χ4n) is 2.98. The summed E-state index contributed by atoms with van der Waals surface area (Å²) in [7, 11) is 0. The van der Waals surface area contributed by atoms with Crippen molar-refractivity contribution in [3.05, 3.63) is 40.9 Å². The second kappa shape index (κ2) is 16.3. The fourth-order valence-corrected chi connectivity index (χ4v) is 3.11. The molecule has 0 saturated heterocycles. The molecule has 1 rings (SSSR count). The number of hydrogen-bond acceptors (Lipinski definition) is 7. The van der Waals surface area contributed by atoms with Crippen molar-refractivity contribution < 1.29 is 33.4 Å². The van der Waals surface area contributed by atoms with Crippen LogP contribution in [0.5, 0.6) is 0 Å². The molecule has 0 aliphatic carbocycles. The summed E-state index contributed by atoms with van der Waals surface area (Å²) in [5.74, 6) is -3.22. The molecule has 0 aromatic heterocycles. The minimum absolute atomic E-state index is 0.0157. The number of amides is 3. The number of nitrogens with one attached hydrogen (secondary N) is 3. The van der Waals surface area contributed by atoms with E-state index >= 15 is 0 Å². The number of ether oxygens (including phenoxy) is 2. The molecule has 0 heterocycles. The first-order valence-corrected chi connectivity index (χ1v) is 12.1. The Labute approximate surface area is 216 Å². The van der Waals surface area contributed by atoms with Crippen LogP contribution in [0.2, 0.25) is 5.02 Å². The molecule has 0 fully saturated rings. The van der Waals surface area contributed by atoms with Crippen molar-refractivity contribution in [2.45, 2.75) is 52.6 Å². The Kier molecular flexibility index (Phi) is 13.9. The molecule has 0 bridgehead atoms. The highest BCUT2D eigenvalue weighted by atomic mass is 35.5. The van der Waals surface area contributed by atoms with Gasteiger partial charge in [0.05, 0.1) is 19.8 Å². The monoisotopic (exact) mass is 523 g/mol. The van der Waals surface area contributed by atoms with Crippen LogP contribution in [0.1, 0.15) is 46.1 Å². The molecule has 2 atom stereocenters. The Bertz CT molecular complexity index is 932. The SMILES string of the molecule is CCOC(=O)CC[C@@H](NC(=O)[C@@H](NC(=O)CNC(=O)/C=C/c1ccc(Cl)cc1)C(C)C)C(=O)OCC. The molecule has 11 heteroatoms. The topological polar surface area (TPSA) is 140 Å². The van der Waals surface area contributed by atoms with E-state index in [1.54, 1.807) is 58.0 Å². The number of carbonyl (C=O) groups excluding carboxylic acids is 5. The predicted molar refractivity (Wildman–Crippen MR) is 135 cm³/mol. The van der Waals surface area contributed by atoms with Crippen molar-refractivity contribution >= 4 is 47.3 Å². The lowest BCUT2D eigenvalue weighted by molar-refractivity contribution is -0.149. The van der Waals surface area contributed by atoms with Gasteiger partial charge in [0.2, 0.25) is 17.7 Å². The normalized spacial score (nSPS) is 12.5. The smallest absolute Gasteiger partial charge is 0.328 e. The maximum atomic E-state index is 12.9. The molecule has 0 saturated carbocycles. The van der Waals surface area contributed by atoms with Gasteiger partial charge in [-0.1, -0.05) is 37.6 Å². The molecule has 0 radical (unpaired) electrons. The molecule has 3 amide bonds. The summed E-state index contributed by atoms with van der Waals surface area (Å²) in [6.07, 6.45) is 2.74. The number of benzene rings is 1. The molecule has 198 valence electrons. The van der Waals surface area contributed by atoms with Crippen molar-refractivity contribution in [1.82, 2.24) is 16.0 Å². The van der Waals surface area contributed by atoms with Gasteiger partial charge in [0.1, 0.15) is 12.1 Å². The minimum atomic E-state index is -1.09. The van der Waals surface area contributed by atoms with E-state index in [1.807, 2.05) is 0 Å². The number of hydrogen-bond donors (Lipinski definition) is 3. The number of rotatable bonds is 14. The van der Waals surface area contributed by atoms with Crippen LogP contribution in [0, 0.1) is 5.92 Å². The van der Waals surface area contributed by atoms with Crippen LogP contribution in [0.15, 0.2) is 30.3 Å². The van der Waals surface area contributed by atoms with E-state index in [4.69, 9.17) is 21.1 Å². The minimum Gasteiger partial charge on any atom is -0.466 e. The zero-order chi connectivity index (χ0) is 27.1. The highest BCUT2D eigenvalue weighted by Crippen LogP contribution is 2.10. The molecule has 3 N–H and O–H groups in total. The summed E-state index contributed by atoms with van der Waals surface area (Å²) in [6, 6.07) is 4.78. The summed E-state index contributed by atoms with van der Waals surface area (Å²) in [6.45, 7) is 6.66. The lowest BCUT2D eigenvalue weighted by atomic mass is 10.0. The number of esters is 2. The fraction of sp³-hybridized carbons (Fsp3) is 0.480. The molecule has 1 aromatic rings. The molecule has 0 aliphatic heterocycles. The summed E-state index contributed by atoms with van der Waals surface area (Å²) in [4.78, 5) is 61.3. The highest BCUT2D eigenvalue weighted by Gasteiger charge is 2.30. The van der Waals surface area contributed by atoms with E-state index < -0.39 is 41.7 Å². The van der Waals surface area contributed by atoms with Crippen LogP contribution in [0.25, 0.3) is 6.08 Å². The van der Waals surface area contributed by atoms with E-state index in [9.17, 15) is 24.0 Å². The molecule has 0 aliphatic rings. The average Bonchev–Trinajstić information content (AvgIpc) is 2.83. The first kappa shape index (κ1) is 30.6. The van der Waals surface area contributed by atoms with Gasteiger partial charge in [0.15, 0.2) is 0 Å². The maximum Gasteiger partial charge on any atom is 0.328 e. The summed E-state index contributed by atoms with van der Waals surface area (Å²) < 4.78 is 9.85. The third-order valence-corrected chi connectivity index (χ3v) is 5.07. The summed E-state index contributed by atoms with van der Waals surface area (Å²) >= 11 is 5.82. The van der Waals surface area contributed by atoms with Gasteiger partial charge in [0.25, 0.3) is 0 Å². The molecular weight excluding hydrogens is 490 g/mol. The van der Waals surface area contributed by atoms with Gasteiger partial charge in [-0.05, 0) is 50.0 Å². The summed E-state index contributed by atoms with van der Waals surface area (Å²) in [5, 5.41) is 8.13. The van der Waals surface area contributed by atoms with E-state index in [0.717, 1.165) is 5.56 Å². The van der Waals surface area contributed by atoms with Gasteiger partial charge in [0, 0.05) is 17.5 Å². The maximum absolute atomic E-state index is 12.9. The predicted octanol–water partition coefficient (Wildman–Crippen LogP) is 2.00. The second-order valence-corrected chi connectivity index (χ2v) is 8.49. The zero-order valence-corrected chi connectivity index (χ0v) is 21.7. The summed E-state index contributed by atoms with van der Waals surface area (Å²) in [5.41, 5.74) is 0.759. The Morgan fingerprint density at radius 1 is 0.972 bits per heavy atom. The van der Waals surface area contributed by atoms with Gasteiger partial charge >= 0.3 is 11.9 Å². The standard InChI is InChI=1S/C25H34ClN3O7/c1-5-35-22(32)14-12-19(25(34)36-6-2)28-24(33)23(16(3)4)29-21(31)15-27-20(30)13-9-17-7-10-18(26)11-8-17/h7-11,13,16,19,23H,5-6,12,14-15H2,1-4H3,(H,27,30)(H,28,33)(H,29,31)/b13-9+/t19-,23+/m1/s1. The van der Waals surface area contributed by atoms with E-state index in [-0.39, 0.29) is 38.5 Å². The number of halogens is 1. The average molecular weight is 524 g/mol. The molecule has 10 nitrogen and oxygen atoms in total. The van der Waals surface area contributed by atoms with Gasteiger partial charge in [-0.2, -0.15) is 0 Å². The molecule has 0 unspecified atom stereocenters. The molecule has 0 spiro atoms. The van der Waals surface area contributed by atoms with Gasteiger partial charge in [-0.3, -0.25) is 19.2 Å². The quantitative estimate of drug-likeness (QED) is 0.250. The van der Waals surface area contributed by atoms with Crippen LogP contribution in [-0.4, -0.2) is 61.5 Å². The first-order valence-electron chi connectivity index (χ1n) is 11.7. The zero-order valence-electron chi connectivity index (χ0n) is 21.0. The van der Waals surface area contributed by atoms with Crippen LogP contribution >= 0.6 is 11.6 Å². The van der Waals surface area contributed by atoms with Crippen molar-refractivity contribution in [3.63, 3.8) is 0 Å². The first-order chi connectivity index (χ1) is 17.1. The van der Waals surface area contributed by atoms with Crippen LogP contribution in [-0.2, 0) is 33.4 Å². The van der Waals surface area contributed by atoms with Gasteiger partial charge < -0.3 is 25.4 Å².